The SMILES string of the molecule is Cc1cnc(NC2CCN(C3CC3)C2)c(N)c1. The summed E-state index contributed by atoms with van der Waals surface area (Å²) in [6.45, 7) is 4.37. The molecular formula is C13H20N4. The minimum atomic E-state index is 0.508. The van der Waals surface area contributed by atoms with E-state index in [-0.39, 0.29) is 0 Å². The lowest BCUT2D eigenvalue weighted by Crippen LogP contribution is -2.28. The van der Waals surface area contributed by atoms with Gasteiger partial charge >= 0.3 is 0 Å². The van der Waals surface area contributed by atoms with Crippen LogP contribution >= 0.6 is 0 Å². The summed E-state index contributed by atoms with van der Waals surface area (Å²) in [5.74, 6) is 0.846. The van der Waals surface area contributed by atoms with Gasteiger partial charge in [0, 0.05) is 31.4 Å². The fraction of sp³-hybridized carbons (Fsp3) is 0.615. The van der Waals surface area contributed by atoms with Crippen molar-refractivity contribution in [1.82, 2.24) is 9.88 Å². The molecule has 1 aliphatic carbocycles. The Morgan fingerprint density at radius 1 is 1.41 bits per heavy atom. The second-order valence-electron chi connectivity index (χ2n) is 5.31. The normalized spacial score (nSPS) is 25.1. The number of nitrogens with one attached hydrogen (secondary N) is 1. The number of nitrogens with zero attached hydrogens (tertiary/aromatic N) is 2. The monoisotopic (exact) mass is 232 g/mol. The van der Waals surface area contributed by atoms with Gasteiger partial charge in [0.25, 0.3) is 0 Å². The lowest BCUT2D eigenvalue weighted by atomic mass is 10.2. The molecule has 1 saturated heterocycles. The Bertz CT molecular complexity index is 414. The smallest absolute Gasteiger partial charge is 0.149 e. The van der Waals surface area contributed by atoms with Gasteiger partial charge in [-0.25, -0.2) is 4.98 Å². The number of aromatic nitrogens is 1. The van der Waals surface area contributed by atoms with Gasteiger partial charge in [0.1, 0.15) is 5.82 Å². The average molecular weight is 232 g/mol. The summed E-state index contributed by atoms with van der Waals surface area (Å²) in [5.41, 5.74) is 7.84. The molecule has 17 heavy (non-hydrogen) atoms. The van der Waals surface area contributed by atoms with Gasteiger partial charge in [0.05, 0.1) is 5.69 Å². The van der Waals surface area contributed by atoms with Crippen molar-refractivity contribution in [2.45, 2.75) is 38.3 Å². The number of anilines is 2. The molecule has 1 aromatic heterocycles. The summed E-state index contributed by atoms with van der Waals surface area (Å²) in [7, 11) is 0. The summed E-state index contributed by atoms with van der Waals surface area (Å²) < 4.78 is 0. The van der Waals surface area contributed by atoms with Crippen molar-refractivity contribution in [3.63, 3.8) is 0 Å². The Morgan fingerprint density at radius 2 is 2.24 bits per heavy atom. The van der Waals surface area contributed by atoms with Crippen LogP contribution in [0.2, 0.25) is 0 Å². The molecule has 0 aromatic carbocycles. The standard InChI is InChI=1S/C13H20N4/c1-9-6-12(14)13(15-7-9)16-10-4-5-17(8-10)11-2-3-11/h6-7,10-11H,2-5,8,14H2,1H3,(H,15,16). The van der Waals surface area contributed by atoms with Crippen LogP contribution in [-0.4, -0.2) is 35.1 Å². The Morgan fingerprint density at radius 3 is 2.94 bits per heavy atom. The first-order valence-corrected chi connectivity index (χ1v) is 6.45. The van der Waals surface area contributed by atoms with Crippen molar-refractivity contribution < 1.29 is 0 Å². The highest BCUT2D eigenvalue weighted by molar-refractivity contribution is 5.62. The van der Waals surface area contributed by atoms with Crippen molar-refractivity contribution in [2.24, 2.45) is 0 Å². The molecule has 1 atom stereocenters. The van der Waals surface area contributed by atoms with Gasteiger partial charge in [-0.3, -0.25) is 4.90 Å². The van der Waals surface area contributed by atoms with Crippen LogP contribution in [0.25, 0.3) is 0 Å². The van der Waals surface area contributed by atoms with Crippen LogP contribution < -0.4 is 11.1 Å². The molecule has 1 aromatic rings. The van der Waals surface area contributed by atoms with E-state index in [1.54, 1.807) is 0 Å². The van der Waals surface area contributed by atoms with E-state index in [4.69, 9.17) is 5.73 Å². The van der Waals surface area contributed by atoms with Crippen molar-refractivity contribution in [3.8, 4) is 0 Å². The largest absolute Gasteiger partial charge is 0.396 e. The van der Waals surface area contributed by atoms with Crippen molar-refractivity contribution >= 4 is 11.5 Å². The molecule has 1 aliphatic heterocycles. The van der Waals surface area contributed by atoms with Crippen LogP contribution in [0.15, 0.2) is 12.3 Å². The van der Waals surface area contributed by atoms with E-state index in [9.17, 15) is 0 Å². The lowest BCUT2D eigenvalue weighted by molar-refractivity contribution is 0.326. The maximum Gasteiger partial charge on any atom is 0.149 e. The van der Waals surface area contributed by atoms with Gasteiger partial charge in [-0.1, -0.05) is 0 Å². The van der Waals surface area contributed by atoms with E-state index in [1.807, 2.05) is 19.2 Å². The van der Waals surface area contributed by atoms with Gasteiger partial charge in [-0.05, 0) is 37.8 Å². The zero-order valence-corrected chi connectivity index (χ0v) is 10.3. The summed E-state index contributed by atoms with van der Waals surface area (Å²) in [6, 6.07) is 3.35. The highest BCUT2D eigenvalue weighted by Crippen LogP contribution is 2.30. The molecule has 2 fully saturated rings. The van der Waals surface area contributed by atoms with Crippen molar-refractivity contribution in [2.75, 3.05) is 24.1 Å². The summed E-state index contributed by atoms with van der Waals surface area (Å²) in [6.07, 6.45) is 5.84. The topological polar surface area (TPSA) is 54.2 Å². The van der Waals surface area contributed by atoms with E-state index < -0.39 is 0 Å². The second kappa shape index (κ2) is 4.18. The minimum Gasteiger partial charge on any atom is -0.396 e. The van der Waals surface area contributed by atoms with Crippen LogP contribution in [0.1, 0.15) is 24.8 Å². The predicted molar refractivity (Wildman–Crippen MR) is 70.0 cm³/mol. The fourth-order valence-electron chi connectivity index (χ4n) is 2.58. The van der Waals surface area contributed by atoms with E-state index in [1.165, 1.54) is 25.8 Å². The number of rotatable bonds is 3. The predicted octanol–water partition coefficient (Wildman–Crippen LogP) is 1.62. The van der Waals surface area contributed by atoms with Crippen LogP contribution in [0.3, 0.4) is 0 Å². The fourth-order valence-corrected chi connectivity index (χ4v) is 2.58. The molecule has 3 rings (SSSR count). The third-order valence-corrected chi connectivity index (χ3v) is 3.68. The van der Waals surface area contributed by atoms with E-state index >= 15 is 0 Å². The first kappa shape index (κ1) is 10.8. The molecule has 2 aliphatic rings. The van der Waals surface area contributed by atoms with Crippen LogP contribution in [0, 0.1) is 6.92 Å². The summed E-state index contributed by atoms with van der Waals surface area (Å²) in [5, 5.41) is 3.47. The lowest BCUT2D eigenvalue weighted by Gasteiger charge is -2.17. The Labute approximate surface area is 102 Å². The summed E-state index contributed by atoms with van der Waals surface area (Å²) in [4.78, 5) is 6.96. The molecule has 0 amide bonds. The molecular weight excluding hydrogens is 212 g/mol. The first-order valence-electron chi connectivity index (χ1n) is 6.45. The summed E-state index contributed by atoms with van der Waals surface area (Å²) >= 11 is 0. The van der Waals surface area contributed by atoms with Crippen molar-refractivity contribution in [1.29, 1.82) is 0 Å². The molecule has 0 spiro atoms. The molecule has 2 heterocycles. The third-order valence-electron chi connectivity index (χ3n) is 3.68. The second-order valence-corrected chi connectivity index (χ2v) is 5.31. The maximum absolute atomic E-state index is 5.97. The Kier molecular flexibility index (Phi) is 2.67. The highest BCUT2D eigenvalue weighted by Gasteiger charge is 2.34. The van der Waals surface area contributed by atoms with Crippen molar-refractivity contribution in [3.05, 3.63) is 17.8 Å². The Hall–Kier alpha value is -1.29. The number of nitrogens with two attached hydrogens (primary N) is 1. The number of likely N-dealkylation sites (tertiary alicyclic amines) is 1. The Balaban J connectivity index is 1.63. The number of hydrogen-bond donors (Lipinski definition) is 2. The quantitative estimate of drug-likeness (QED) is 0.831. The van der Waals surface area contributed by atoms with E-state index in [0.717, 1.165) is 29.7 Å². The van der Waals surface area contributed by atoms with E-state index in [0.29, 0.717) is 6.04 Å². The molecule has 0 radical (unpaired) electrons. The minimum absolute atomic E-state index is 0.508. The molecule has 4 nitrogen and oxygen atoms in total. The van der Waals surface area contributed by atoms with Gasteiger partial charge in [0.2, 0.25) is 0 Å². The molecule has 3 N–H and O–H groups in total. The van der Waals surface area contributed by atoms with Crippen LogP contribution in [0.5, 0.6) is 0 Å². The number of nitrogen functional groups attached to an aromatic ring is 1. The molecule has 1 unspecified atom stereocenters. The maximum atomic E-state index is 5.97. The number of pyridine rings is 1. The third kappa shape index (κ3) is 2.36. The van der Waals surface area contributed by atoms with Crippen LogP contribution in [-0.2, 0) is 0 Å². The molecule has 4 heteroatoms. The molecule has 0 bridgehead atoms. The first-order chi connectivity index (χ1) is 8.22. The average Bonchev–Trinajstić information content (AvgIpc) is 3.04. The zero-order valence-electron chi connectivity index (χ0n) is 10.3. The van der Waals surface area contributed by atoms with E-state index in [2.05, 4.69) is 15.2 Å². The molecule has 1 saturated carbocycles. The number of hydrogen-bond acceptors (Lipinski definition) is 4. The molecule has 92 valence electrons. The van der Waals surface area contributed by atoms with Gasteiger partial charge in [-0.15, -0.1) is 0 Å². The zero-order chi connectivity index (χ0) is 11.8. The van der Waals surface area contributed by atoms with Gasteiger partial charge in [0.15, 0.2) is 0 Å². The van der Waals surface area contributed by atoms with Gasteiger partial charge < -0.3 is 11.1 Å². The van der Waals surface area contributed by atoms with Gasteiger partial charge in [-0.2, -0.15) is 0 Å². The van der Waals surface area contributed by atoms with Crippen LogP contribution in [0.4, 0.5) is 11.5 Å². The number of aryl methyl sites for hydroxylation is 1. The highest BCUT2D eigenvalue weighted by atomic mass is 15.2.